The van der Waals surface area contributed by atoms with Gasteiger partial charge in [-0.25, -0.2) is 9.18 Å². The summed E-state index contributed by atoms with van der Waals surface area (Å²) in [6, 6.07) is 1.59. The first-order valence-electron chi connectivity index (χ1n) is 4.77. The molecule has 0 saturated heterocycles. The molecule has 1 rings (SSSR count). The van der Waals surface area contributed by atoms with Crippen molar-refractivity contribution in [1.82, 2.24) is 0 Å². The van der Waals surface area contributed by atoms with E-state index in [-0.39, 0.29) is 5.56 Å². The van der Waals surface area contributed by atoms with Gasteiger partial charge in [0.15, 0.2) is 6.61 Å². The van der Waals surface area contributed by atoms with Crippen LogP contribution in [0.3, 0.4) is 0 Å². The second-order valence-corrected chi connectivity index (χ2v) is 3.19. The molecule has 0 bridgehead atoms. The second-order valence-electron chi connectivity index (χ2n) is 3.19. The fourth-order valence-corrected chi connectivity index (χ4v) is 1.16. The fraction of sp³-hybridized carbons (Fsp3) is 0.300. The van der Waals surface area contributed by atoms with Gasteiger partial charge in [0.05, 0.1) is 18.6 Å². The molecule has 1 aromatic rings. The molecular weight excluding hydrogens is 249 g/mol. The molecule has 8 heteroatoms. The number of hydrogen-bond donors (Lipinski definition) is 1. The van der Waals surface area contributed by atoms with Gasteiger partial charge in [0.1, 0.15) is 5.82 Å². The summed E-state index contributed by atoms with van der Waals surface area (Å²) >= 11 is 0. The number of nitro benzene ring substituents is 1. The highest BCUT2D eigenvalue weighted by molar-refractivity contribution is 5.71. The molecule has 98 valence electrons. The predicted molar refractivity (Wildman–Crippen MR) is 56.5 cm³/mol. The monoisotopic (exact) mass is 259 g/mol. The summed E-state index contributed by atoms with van der Waals surface area (Å²) in [7, 11) is 1.12. The SMILES string of the molecule is COC(=O)COc1cc(F)c(CO)cc1[N+](=O)[O-]. The van der Waals surface area contributed by atoms with Gasteiger partial charge in [0.25, 0.3) is 0 Å². The van der Waals surface area contributed by atoms with Crippen molar-refractivity contribution in [1.29, 1.82) is 0 Å². The lowest BCUT2D eigenvalue weighted by Crippen LogP contribution is -2.13. The van der Waals surface area contributed by atoms with E-state index in [2.05, 4.69) is 4.74 Å². The number of hydrogen-bond acceptors (Lipinski definition) is 6. The van der Waals surface area contributed by atoms with E-state index in [9.17, 15) is 19.3 Å². The molecule has 0 aliphatic rings. The highest BCUT2D eigenvalue weighted by Crippen LogP contribution is 2.30. The normalized spacial score (nSPS) is 9.94. The van der Waals surface area contributed by atoms with Crippen LogP contribution in [0.2, 0.25) is 0 Å². The van der Waals surface area contributed by atoms with E-state index < -0.39 is 41.4 Å². The van der Waals surface area contributed by atoms with Gasteiger partial charge in [-0.3, -0.25) is 10.1 Å². The van der Waals surface area contributed by atoms with Gasteiger partial charge in [-0.05, 0) is 0 Å². The summed E-state index contributed by atoms with van der Waals surface area (Å²) in [5, 5.41) is 19.5. The molecule has 0 saturated carbocycles. The van der Waals surface area contributed by atoms with Crippen LogP contribution in [-0.2, 0) is 16.1 Å². The lowest BCUT2D eigenvalue weighted by atomic mass is 10.2. The summed E-state index contributed by atoms with van der Waals surface area (Å²) in [5.74, 6) is -2.01. The minimum absolute atomic E-state index is 0.230. The number of carbonyl (C=O) groups excluding carboxylic acids is 1. The largest absolute Gasteiger partial charge is 0.475 e. The van der Waals surface area contributed by atoms with Crippen molar-refractivity contribution in [2.24, 2.45) is 0 Å². The molecule has 0 heterocycles. The number of nitrogens with zero attached hydrogens (tertiary/aromatic N) is 1. The lowest BCUT2D eigenvalue weighted by Gasteiger charge is -2.07. The molecule has 18 heavy (non-hydrogen) atoms. The smallest absolute Gasteiger partial charge is 0.343 e. The summed E-state index contributed by atoms with van der Waals surface area (Å²) in [5.41, 5.74) is -0.767. The first-order valence-corrected chi connectivity index (χ1v) is 4.77. The first-order chi connectivity index (χ1) is 8.49. The Morgan fingerprint density at radius 1 is 1.56 bits per heavy atom. The quantitative estimate of drug-likeness (QED) is 0.476. The minimum atomic E-state index is -0.858. The van der Waals surface area contributed by atoms with Crippen LogP contribution in [0.5, 0.6) is 5.75 Å². The van der Waals surface area contributed by atoms with E-state index >= 15 is 0 Å². The third-order valence-electron chi connectivity index (χ3n) is 2.07. The molecule has 1 N–H and O–H groups in total. The average molecular weight is 259 g/mol. The number of ether oxygens (including phenoxy) is 2. The topological polar surface area (TPSA) is 98.9 Å². The zero-order chi connectivity index (χ0) is 13.7. The van der Waals surface area contributed by atoms with Gasteiger partial charge < -0.3 is 14.6 Å². The molecule has 0 atom stereocenters. The van der Waals surface area contributed by atoms with E-state index in [1.165, 1.54) is 0 Å². The lowest BCUT2D eigenvalue weighted by molar-refractivity contribution is -0.386. The Bertz CT molecular complexity index is 476. The Kier molecular flexibility index (Phi) is 4.55. The number of nitro groups is 1. The van der Waals surface area contributed by atoms with E-state index in [1.807, 2.05) is 0 Å². The average Bonchev–Trinajstić information content (AvgIpc) is 2.35. The van der Waals surface area contributed by atoms with Crippen molar-refractivity contribution >= 4 is 11.7 Å². The summed E-state index contributed by atoms with van der Waals surface area (Å²) in [6.07, 6.45) is 0. The Morgan fingerprint density at radius 3 is 2.72 bits per heavy atom. The molecule has 1 aromatic carbocycles. The number of aliphatic hydroxyl groups excluding tert-OH is 1. The van der Waals surface area contributed by atoms with E-state index in [4.69, 9.17) is 9.84 Å². The highest BCUT2D eigenvalue weighted by atomic mass is 19.1. The van der Waals surface area contributed by atoms with Crippen molar-refractivity contribution in [3.8, 4) is 5.75 Å². The van der Waals surface area contributed by atoms with Crippen LogP contribution < -0.4 is 4.74 Å². The van der Waals surface area contributed by atoms with Crippen LogP contribution in [0.1, 0.15) is 5.56 Å². The van der Waals surface area contributed by atoms with Crippen LogP contribution in [-0.4, -0.2) is 29.7 Å². The molecule has 0 spiro atoms. The molecule has 0 aliphatic heterocycles. The number of methoxy groups -OCH3 is 1. The maximum absolute atomic E-state index is 13.3. The molecular formula is C10H10FNO6. The molecule has 0 radical (unpaired) electrons. The number of benzene rings is 1. The zero-order valence-electron chi connectivity index (χ0n) is 9.38. The third kappa shape index (κ3) is 3.14. The Morgan fingerprint density at radius 2 is 2.22 bits per heavy atom. The molecule has 0 unspecified atom stereocenters. The van der Waals surface area contributed by atoms with Crippen LogP contribution in [0.4, 0.5) is 10.1 Å². The maximum atomic E-state index is 13.3. The summed E-state index contributed by atoms with van der Waals surface area (Å²) in [4.78, 5) is 20.7. The molecule has 0 aromatic heterocycles. The number of rotatable bonds is 5. The van der Waals surface area contributed by atoms with Crippen molar-refractivity contribution < 1.29 is 28.7 Å². The Hall–Kier alpha value is -2.22. The van der Waals surface area contributed by atoms with Gasteiger partial charge in [-0.15, -0.1) is 0 Å². The van der Waals surface area contributed by atoms with Gasteiger partial charge in [0.2, 0.25) is 5.75 Å². The van der Waals surface area contributed by atoms with E-state index in [0.717, 1.165) is 19.2 Å². The van der Waals surface area contributed by atoms with E-state index in [0.29, 0.717) is 0 Å². The Balaban J connectivity index is 3.05. The molecule has 0 aliphatic carbocycles. The summed E-state index contributed by atoms with van der Waals surface area (Å²) in [6.45, 7) is -1.25. The van der Waals surface area contributed by atoms with E-state index in [1.54, 1.807) is 0 Å². The van der Waals surface area contributed by atoms with Crippen LogP contribution in [0.15, 0.2) is 12.1 Å². The second kappa shape index (κ2) is 5.92. The molecule has 0 fully saturated rings. The summed E-state index contributed by atoms with van der Waals surface area (Å²) < 4.78 is 22.4. The van der Waals surface area contributed by atoms with Crippen molar-refractivity contribution in [3.05, 3.63) is 33.6 Å². The van der Waals surface area contributed by atoms with Crippen LogP contribution in [0.25, 0.3) is 0 Å². The minimum Gasteiger partial charge on any atom is -0.475 e. The standard InChI is InChI=1S/C10H10FNO6/c1-17-10(14)5-18-9-3-7(11)6(4-13)2-8(9)12(15)16/h2-3,13H,4-5H2,1H3. The highest BCUT2D eigenvalue weighted by Gasteiger charge is 2.20. The Labute approximate surface area is 101 Å². The van der Waals surface area contributed by atoms with Gasteiger partial charge >= 0.3 is 11.7 Å². The third-order valence-corrected chi connectivity index (χ3v) is 2.07. The molecule has 7 nitrogen and oxygen atoms in total. The predicted octanol–water partition coefficient (Wildman–Crippen LogP) is 0.778. The van der Waals surface area contributed by atoms with Crippen molar-refractivity contribution in [2.75, 3.05) is 13.7 Å². The maximum Gasteiger partial charge on any atom is 0.343 e. The first kappa shape index (κ1) is 13.8. The zero-order valence-corrected chi connectivity index (χ0v) is 9.38. The van der Waals surface area contributed by atoms with Gasteiger partial charge in [-0.2, -0.15) is 0 Å². The van der Waals surface area contributed by atoms with Gasteiger partial charge in [-0.1, -0.05) is 0 Å². The molecule has 0 amide bonds. The number of esters is 1. The number of aliphatic hydroxyl groups is 1. The van der Waals surface area contributed by atoms with Crippen molar-refractivity contribution in [2.45, 2.75) is 6.61 Å². The van der Waals surface area contributed by atoms with Crippen LogP contribution >= 0.6 is 0 Å². The van der Waals surface area contributed by atoms with Gasteiger partial charge in [0, 0.05) is 17.7 Å². The number of carbonyl (C=O) groups is 1. The van der Waals surface area contributed by atoms with Crippen LogP contribution in [0, 0.1) is 15.9 Å². The number of halogens is 1. The fourth-order valence-electron chi connectivity index (χ4n) is 1.16. The van der Waals surface area contributed by atoms with Crippen molar-refractivity contribution in [3.63, 3.8) is 0 Å².